The Bertz CT molecular complexity index is 1490. The molecule has 0 bridgehead atoms. The van der Waals surface area contributed by atoms with Crippen LogP contribution >= 0.6 is 0 Å². The molecule has 5 heterocycles. The van der Waals surface area contributed by atoms with Crippen LogP contribution in [0.25, 0.3) is 22.2 Å². The summed E-state index contributed by atoms with van der Waals surface area (Å²) in [7, 11) is 1.91. The summed E-state index contributed by atoms with van der Waals surface area (Å²) in [6, 6.07) is 8.70. The van der Waals surface area contributed by atoms with Crippen molar-refractivity contribution in [2.75, 3.05) is 26.3 Å². The summed E-state index contributed by atoms with van der Waals surface area (Å²) in [6.45, 7) is 6.85. The maximum Gasteiger partial charge on any atom is 0.433 e. The zero-order chi connectivity index (χ0) is 27.4. The van der Waals surface area contributed by atoms with Crippen molar-refractivity contribution >= 4 is 10.9 Å². The van der Waals surface area contributed by atoms with Crippen LogP contribution in [0.15, 0.2) is 36.7 Å². The van der Waals surface area contributed by atoms with Crippen LogP contribution < -0.4 is 0 Å². The van der Waals surface area contributed by atoms with Crippen molar-refractivity contribution in [3.63, 3.8) is 0 Å². The minimum atomic E-state index is -4.57. The van der Waals surface area contributed by atoms with E-state index in [1.54, 1.807) is 6.33 Å². The van der Waals surface area contributed by atoms with Gasteiger partial charge in [-0.05, 0) is 49.9 Å². The molecular formula is C28H32F3N7O. The Morgan fingerprint density at radius 1 is 1.23 bits per heavy atom. The minimum absolute atomic E-state index is 0.279. The molecule has 0 saturated carbocycles. The van der Waals surface area contributed by atoms with Crippen molar-refractivity contribution < 1.29 is 17.9 Å². The van der Waals surface area contributed by atoms with Gasteiger partial charge in [0.25, 0.3) is 0 Å². The molecule has 3 aromatic heterocycles. The van der Waals surface area contributed by atoms with Gasteiger partial charge in [0, 0.05) is 36.4 Å². The Balaban J connectivity index is 1.42. The second-order valence-electron chi connectivity index (χ2n) is 11.2. The number of aryl methyl sites for hydroxylation is 1. The number of ether oxygens (including phenoxy) is 1. The number of aromatic nitrogens is 6. The number of aromatic amines is 1. The molecule has 0 amide bonds. The molecule has 39 heavy (non-hydrogen) atoms. The second kappa shape index (κ2) is 9.71. The first-order chi connectivity index (χ1) is 18.6. The van der Waals surface area contributed by atoms with Gasteiger partial charge in [0.15, 0.2) is 0 Å². The highest BCUT2D eigenvalue weighted by molar-refractivity contribution is 5.94. The molecule has 11 heteroatoms. The molecule has 8 nitrogen and oxygen atoms in total. The Kier molecular flexibility index (Phi) is 6.46. The highest BCUT2D eigenvalue weighted by Gasteiger charge is 2.42. The third-order valence-corrected chi connectivity index (χ3v) is 8.31. The van der Waals surface area contributed by atoms with Crippen molar-refractivity contribution in [2.45, 2.75) is 50.7 Å². The van der Waals surface area contributed by atoms with Crippen LogP contribution in [-0.4, -0.2) is 61.1 Å². The zero-order valence-corrected chi connectivity index (χ0v) is 22.3. The van der Waals surface area contributed by atoms with Gasteiger partial charge in [-0.3, -0.25) is 10.00 Å². The van der Waals surface area contributed by atoms with E-state index >= 15 is 0 Å². The van der Waals surface area contributed by atoms with Crippen molar-refractivity contribution in [1.82, 2.24) is 34.8 Å². The number of hydrogen-bond donors (Lipinski definition) is 1. The zero-order valence-electron chi connectivity index (χ0n) is 22.3. The number of fused-ring (bicyclic) bond motifs is 1. The van der Waals surface area contributed by atoms with E-state index in [2.05, 4.69) is 37.2 Å². The fourth-order valence-corrected chi connectivity index (χ4v) is 5.94. The lowest BCUT2D eigenvalue weighted by Crippen LogP contribution is -2.49. The third-order valence-electron chi connectivity index (χ3n) is 8.31. The molecule has 1 N–H and O–H groups in total. The van der Waals surface area contributed by atoms with Crippen LogP contribution in [-0.2, 0) is 29.8 Å². The number of hydrogen-bond acceptors (Lipinski definition) is 6. The number of benzene rings is 1. The van der Waals surface area contributed by atoms with Gasteiger partial charge in [-0.1, -0.05) is 25.1 Å². The normalized spacial score (nSPS) is 20.7. The molecule has 0 aliphatic carbocycles. The molecule has 0 radical (unpaired) electrons. The Labute approximate surface area is 224 Å². The van der Waals surface area contributed by atoms with Crippen LogP contribution in [0.1, 0.15) is 55.5 Å². The van der Waals surface area contributed by atoms with Crippen LogP contribution in [0.2, 0.25) is 0 Å². The van der Waals surface area contributed by atoms with Gasteiger partial charge in [0.2, 0.25) is 0 Å². The van der Waals surface area contributed by atoms with E-state index in [9.17, 15) is 13.2 Å². The molecule has 0 unspecified atom stereocenters. The summed E-state index contributed by atoms with van der Waals surface area (Å²) >= 11 is 0. The molecule has 2 atom stereocenters. The Hall–Kier alpha value is -3.31. The molecule has 1 aromatic carbocycles. The first-order valence-corrected chi connectivity index (χ1v) is 13.4. The predicted molar refractivity (Wildman–Crippen MR) is 140 cm³/mol. The lowest BCUT2D eigenvalue weighted by atomic mass is 9.75. The summed E-state index contributed by atoms with van der Waals surface area (Å²) in [5.41, 5.74) is 2.01. The number of piperidine rings is 1. The summed E-state index contributed by atoms with van der Waals surface area (Å²) in [6.07, 6.45) is -0.106. The number of nitrogens with one attached hydrogen (secondary N) is 1. The third kappa shape index (κ3) is 4.71. The molecule has 2 fully saturated rings. The fraction of sp³-hybridized carbons (Fsp3) is 0.500. The molecular weight excluding hydrogens is 507 g/mol. The highest BCUT2D eigenvalue weighted by atomic mass is 19.4. The molecule has 2 aliphatic rings. The number of rotatable bonds is 6. The summed E-state index contributed by atoms with van der Waals surface area (Å²) in [5.74, 6) is 1.34. The van der Waals surface area contributed by atoms with Crippen molar-refractivity contribution in [2.24, 2.45) is 13.0 Å². The fourth-order valence-electron chi connectivity index (χ4n) is 5.94. The van der Waals surface area contributed by atoms with Gasteiger partial charge >= 0.3 is 6.18 Å². The summed E-state index contributed by atoms with van der Waals surface area (Å²) in [5, 5.41) is 16.2. The molecule has 2 aliphatic heterocycles. The maximum atomic E-state index is 14.1. The monoisotopic (exact) mass is 539 g/mol. The van der Waals surface area contributed by atoms with E-state index in [0.717, 1.165) is 48.9 Å². The number of halogens is 3. The van der Waals surface area contributed by atoms with E-state index in [0.29, 0.717) is 47.8 Å². The van der Waals surface area contributed by atoms with Gasteiger partial charge in [-0.2, -0.15) is 18.3 Å². The molecule has 0 spiro atoms. The van der Waals surface area contributed by atoms with Crippen LogP contribution in [0.4, 0.5) is 13.2 Å². The predicted octanol–water partition coefficient (Wildman–Crippen LogP) is 5.08. The van der Waals surface area contributed by atoms with Gasteiger partial charge < -0.3 is 9.30 Å². The topological polar surface area (TPSA) is 84.8 Å². The summed E-state index contributed by atoms with van der Waals surface area (Å²) in [4.78, 5) is 6.37. The van der Waals surface area contributed by atoms with Crippen molar-refractivity contribution in [1.29, 1.82) is 0 Å². The number of likely N-dealkylation sites (tertiary alicyclic amines) is 1. The molecule has 206 valence electrons. The molecule has 2 saturated heterocycles. The van der Waals surface area contributed by atoms with Crippen LogP contribution in [0.5, 0.6) is 0 Å². The van der Waals surface area contributed by atoms with E-state index in [1.165, 1.54) is 0 Å². The lowest BCUT2D eigenvalue weighted by Gasteiger charge is -2.41. The summed E-state index contributed by atoms with van der Waals surface area (Å²) < 4.78 is 49.7. The average Bonchev–Trinajstić information content (AvgIpc) is 3.50. The Morgan fingerprint density at radius 3 is 2.72 bits per heavy atom. The lowest BCUT2D eigenvalue weighted by molar-refractivity contribution is -0.141. The van der Waals surface area contributed by atoms with Crippen LogP contribution in [0, 0.1) is 5.92 Å². The quantitative estimate of drug-likeness (QED) is 0.368. The van der Waals surface area contributed by atoms with Gasteiger partial charge in [0.05, 0.1) is 30.5 Å². The van der Waals surface area contributed by atoms with Crippen molar-refractivity contribution in [3.05, 3.63) is 59.4 Å². The maximum absolute atomic E-state index is 14.1. The van der Waals surface area contributed by atoms with Crippen molar-refractivity contribution in [3.8, 4) is 11.3 Å². The Morgan fingerprint density at radius 2 is 2.05 bits per heavy atom. The number of alkyl halides is 3. The molecule has 4 aromatic rings. The average molecular weight is 540 g/mol. The number of pyridine rings is 1. The largest absolute Gasteiger partial charge is 0.433 e. The SMILES string of the molecule is C[C@H]1CCCN([C@H](C)c2nc(C(F)(F)F)cc3c(-c4cccc(C5(Cc6nncn6C)COC5)c4)n[nH]c23)C1. The van der Waals surface area contributed by atoms with E-state index in [1.807, 2.05) is 42.8 Å². The molecule has 6 rings (SSSR count). The number of nitrogens with zero attached hydrogens (tertiary/aromatic N) is 6. The van der Waals surface area contributed by atoms with E-state index in [-0.39, 0.29) is 11.5 Å². The van der Waals surface area contributed by atoms with E-state index in [4.69, 9.17) is 4.74 Å². The van der Waals surface area contributed by atoms with Gasteiger partial charge in [-0.25, -0.2) is 4.98 Å². The minimum Gasteiger partial charge on any atom is -0.379 e. The first kappa shape index (κ1) is 25.9. The van der Waals surface area contributed by atoms with E-state index < -0.39 is 11.9 Å². The highest BCUT2D eigenvalue weighted by Crippen LogP contribution is 2.40. The van der Waals surface area contributed by atoms with Gasteiger partial charge in [0.1, 0.15) is 23.5 Å². The van der Waals surface area contributed by atoms with Crippen LogP contribution in [0.3, 0.4) is 0 Å². The standard InChI is InChI=1S/C28H32F3N7O/c1-17-6-5-9-38(13-17)18(2)24-26-21(11-22(33-24)28(29,30)31)25(35-36-26)19-7-4-8-20(10-19)27(14-39-15-27)12-23-34-32-16-37(23)3/h4,7-8,10-11,16-18H,5-6,9,12-15H2,1-3H3,(H,35,36)/t17-,18+/m0/s1. The smallest absolute Gasteiger partial charge is 0.379 e. The second-order valence-corrected chi connectivity index (χ2v) is 11.2. The van der Waals surface area contributed by atoms with Gasteiger partial charge in [-0.15, -0.1) is 10.2 Å². The number of H-pyrrole nitrogens is 1. The first-order valence-electron chi connectivity index (χ1n) is 13.4.